The van der Waals surface area contributed by atoms with Crippen molar-refractivity contribution in [2.45, 2.75) is 50.4 Å². The summed E-state index contributed by atoms with van der Waals surface area (Å²) in [6.45, 7) is 0. The highest BCUT2D eigenvalue weighted by Gasteiger charge is 2.33. The van der Waals surface area contributed by atoms with Crippen LogP contribution in [0.5, 0.6) is 0 Å². The minimum Gasteiger partial charge on any atom is -0.399 e. The number of nitrogen functional groups attached to an aromatic ring is 2. The molecule has 0 saturated heterocycles. The summed E-state index contributed by atoms with van der Waals surface area (Å²) in [7, 11) is 0. The van der Waals surface area contributed by atoms with Crippen LogP contribution in [0.25, 0.3) is 0 Å². The summed E-state index contributed by atoms with van der Waals surface area (Å²) in [6, 6.07) is 17.0. The first kappa shape index (κ1) is 15.0. The van der Waals surface area contributed by atoms with Crippen LogP contribution < -0.4 is 11.5 Å². The minimum atomic E-state index is 0.113. The van der Waals surface area contributed by atoms with Gasteiger partial charge in [-0.25, -0.2) is 0 Å². The smallest absolute Gasteiger partial charge is 0.0314 e. The van der Waals surface area contributed by atoms with Gasteiger partial charge in [-0.15, -0.1) is 0 Å². The zero-order chi connectivity index (χ0) is 15.4. The van der Waals surface area contributed by atoms with Gasteiger partial charge in [-0.2, -0.15) is 0 Å². The Morgan fingerprint density at radius 1 is 0.545 bits per heavy atom. The van der Waals surface area contributed by atoms with Crippen molar-refractivity contribution in [2.75, 3.05) is 11.5 Å². The SMILES string of the molecule is Nc1ccc(C2(c3ccc(N)cc3)CCCCCCC2)cc1. The highest BCUT2D eigenvalue weighted by molar-refractivity contribution is 5.48. The molecule has 0 unspecified atom stereocenters. The topological polar surface area (TPSA) is 52.0 Å². The molecule has 1 aliphatic rings. The molecular formula is C20H26N2. The van der Waals surface area contributed by atoms with Gasteiger partial charge in [-0.3, -0.25) is 0 Å². The molecule has 0 atom stereocenters. The molecule has 2 heteroatoms. The van der Waals surface area contributed by atoms with Crippen LogP contribution in [-0.2, 0) is 5.41 Å². The fraction of sp³-hybridized carbons (Fsp3) is 0.400. The van der Waals surface area contributed by atoms with Gasteiger partial charge in [-0.1, -0.05) is 56.4 Å². The summed E-state index contributed by atoms with van der Waals surface area (Å²) in [6.07, 6.45) is 9.04. The molecule has 1 aliphatic carbocycles. The van der Waals surface area contributed by atoms with E-state index in [0.717, 1.165) is 11.4 Å². The lowest BCUT2D eigenvalue weighted by Gasteiger charge is -2.37. The first-order chi connectivity index (χ1) is 10.7. The van der Waals surface area contributed by atoms with Crippen LogP contribution in [0.3, 0.4) is 0 Å². The van der Waals surface area contributed by atoms with E-state index >= 15 is 0 Å². The number of nitrogens with two attached hydrogens (primary N) is 2. The molecule has 1 saturated carbocycles. The van der Waals surface area contributed by atoms with E-state index in [4.69, 9.17) is 11.5 Å². The van der Waals surface area contributed by atoms with E-state index in [1.165, 1.54) is 56.1 Å². The molecule has 0 amide bonds. The van der Waals surface area contributed by atoms with Crippen LogP contribution in [0.4, 0.5) is 11.4 Å². The lowest BCUT2D eigenvalue weighted by Crippen LogP contribution is -2.29. The third-order valence-corrected chi connectivity index (χ3v) is 5.13. The van der Waals surface area contributed by atoms with Crippen LogP contribution in [0.2, 0.25) is 0 Å². The number of anilines is 2. The highest BCUT2D eigenvalue weighted by atomic mass is 14.5. The number of hydrogen-bond acceptors (Lipinski definition) is 2. The predicted molar refractivity (Wildman–Crippen MR) is 94.8 cm³/mol. The van der Waals surface area contributed by atoms with Gasteiger partial charge in [-0.05, 0) is 48.2 Å². The van der Waals surface area contributed by atoms with Crippen LogP contribution in [0.15, 0.2) is 48.5 Å². The molecule has 1 fully saturated rings. The first-order valence-corrected chi connectivity index (χ1v) is 8.43. The average Bonchev–Trinajstić information content (AvgIpc) is 2.50. The summed E-state index contributed by atoms with van der Waals surface area (Å²) in [5.41, 5.74) is 16.4. The summed E-state index contributed by atoms with van der Waals surface area (Å²) in [5.74, 6) is 0. The normalized spacial score (nSPS) is 18.4. The zero-order valence-corrected chi connectivity index (χ0v) is 13.2. The van der Waals surface area contributed by atoms with Gasteiger partial charge in [0.2, 0.25) is 0 Å². The Bertz CT molecular complexity index is 543. The van der Waals surface area contributed by atoms with Crippen LogP contribution in [0.1, 0.15) is 56.1 Å². The molecule has 0 bridgehead atoms. The lowest BCUT2D eigenvalue weighted by atomic mass is 9.67. The van der Waals surface area contributed by atoms with E-state index in [1.807, 2.05) is 24.3 Å². The second-order valence-corrected chi connectivity index (χ2v) is 6.59. The number of hydrogen-bond donors (Lipinski definition) is 2. The van der Waals surface area contributed by atoms with Crippen LogP contribution in [0, 0.1) is 0 Å². The molecule has 2 nitrogen and oxygen atoms in total. The Balaban J connectivity index is 2.07. The predicted octanol–water partition coefficient (Wildman–Crippen LogP) is 4.88. The van der Waals surface area contributed by atoms with Gasteiger partial charge in [0.15, 0.2) is 0 Å². The van der Waals surface area contributed by atoms with Gasteiger partial charge in [0.1, 0.15) is 0 Å². The van der Waals surface area contributed by atoms with Gasteiger partial charge in [0.05, 0.1) is 0 Å². The maximum absolute atomic E-state index is 5.90. The van der Waals surface area contributed by atoms with Gasteiger partial charge < -0.3 is 11.5 Å². The van der Waals surface area contributed by atoms with Gasteiger partial charge in [0, 0.05) is 16.8 Å². The molecule has 3 rings (SSSR count). The van der Waals surface area contributed by atoms with E-state index in [9.17, 15) is 0 Å². The molecule has 116 valence electrons. The molecule has 0 aromatic heterocycles. The maximum Gasteiger partial charge on any atom is 0.0314 e. The van der Waals surface area contributed by atoms with Crippen molar-refractivity contribution in [1.82, 2.24) is 0 Å². The fourth-order valence-corrected chi connectivity index (χ4v) is 3.86. The largest absolute Gasteiger partial charge is 0.399 e. The Morgan fingerprint density at radius 3 is 1.32 bits per heavy atom. The van der Waals surface area contributed by atoms with E-state index < -0.39 is 0 Å². The quantitative estimate of drug-likeness (QED) is 0.775. The Kier molecular flexibility index (Phi) is 4.37. The summed E-state index contributed by atoms with van der Waals surface area (Å²) in [4.78, 5) is 0. The zero-order valence-electron chi connectivity index (χ0n) is 13.2. The monoisotopic (exact) mass is 294 g/mol. The van der Waals surface area contributed by atoms with E-state index in [0.29, 0.717) is 0 Å². The molecule has 2 aromatic rings. The van der Waals surface area contributed by atoms with Crippen molar-refractivity contribution in [2.24, 2.45) is 0 Å². The standard InChI is InChI=1S/C20H26N2/c21-18-10-6-16(7-11-18)20(14-4-2-1-3-5-15-20)17-8-12-19(22)13-9-17/h6-13H,1-5,14-15,21-22H2. The van der Waals surface area contributed by atoms with Crippen molar-refractivity contribution in [3.8, 4) is 0 Å². The summed E-state index contributed by atoms with van der Waals surface area (Å²) < 4.78 is 0. The van der Waals surface area contributed by atoms with Crippen molar-refractivity contribution in [3.05, 3.63) is 59.7 Å². The molecular weight excluding hydrogens is 268 g/mol. The fourth-order valence-electron chi connectivity index (χ4n) is 3.86. The first-order valence-electron chi connectivity index (χ1n) is 8.43. The Morgan fingerprint density at radius 2 is 0.909 bits per heavy atom. The number of rotatable bonds is 2. The Labute approximate surface area is 133 Å². The lowest BCUT2D eigenvalue weighted by molar-refractivity contribution is 0.366. The van der Waals surface area contributed by atoms with E-state index in [2.05, 4.69) is 24.3 Å². The molecule has 0 radical (unpaired) electrons. The van der Waals surface area contributed by atoms with Gasteiger partial charge >= 0.3 is 0 Å². The minimum absolute atomic E-state index is 0.113. The van der Waals surface area contributed by atoms with E-state index in [1.54, 1.807) is 0 Å². The van der Waals surface area contributed by atoms with Crippen molar-refractivity contribution >= 4 is 11.4 Å². The summed E-state index contributed by atoms with van der Waals surface area (Å²) in [5, 5.41) is 0. The van der Waals surface area contributed by atoms with Crippen molar-refractivity contribution in [3.63, 3.8) is 0 Å². The van der Waals surface area contributed by atoms with Crippen molar-refractivity contribution < 1.29 is 0 Å². The van der Waals surface area contributed by atoms with Crippen LogP contribution >= 0.6 is 0 Å². The molecule has 0 heterocycles. The highest BCUT2D eigenvalue weighted by Crippen LogP contribution is 2.43. The average molecular weight is 294 g/mol. The Hall–Kier alpha value is -1.96. The third kappa shape index (κ3) is 2.96. The second kappa shape index (κ2) is 6.43. The van der Waals surface area contributed by atoms with Gasteiger partial charge in [0.25, 0.3) is 0 Å². The maximum atomic E-state index is 5.90. The molecule has 4 N–H and O–H groups in total. The van der Waals surface area contributed by atoms with Crippen LogP contribution in [-0.4, -0.2) is 0 Å². The summed E-state index contributed by atoms with van der Waals surface area (Å²) >= 11 is 0. The number of benzene rings is 2. The molecule has 0 spiro atoms. The van der Waals surface area contributed by atoms with E-state index in [-0.39, 0.29) is 5.41 Å². The second-order valence-electron chi connectivity index (χ2n) is 6.59. The third-order valence-electron chi connectivity index (χ3n) is 5.13. The van der Waals surface area contributed by atoms with Crippen molar-refractivity contribution in [1.29, 1.82) is 0 Å². The molecule has 2 aromatic carbocycles. The molecule has 22 heavy (non-hydrogen) atoms. The molecule has 0 aliphatic heterocycles.